The van der Waals surface area contributed by atoms with Crippen molar-refractivity contribution in [2.24, 2.45) is 17.1 Å². The average molecular weight is 238 g/mol. The second kappa shape index (κ2) is 4.89. The maximum absolute atomic E-state index is 6.15. The molecule has 0 aromatic carbocycles. The first-order valence-electron chi connectivity index (χ1n) is 7.39. The van der Waals surface area contributed by atoms with Crippen LogP contribution in [0.2, 0.25) is 0 Å². The fourth-order valence-corrected chi connectivity index (χ4v) is 3.88. The van der Waals surface area contributed by atoms with Crippen molar-refractivity contribution in [3.05, 3.63) is 0 Å². The predicted molar refractivity (Wildman–Crippen MR) is 74.0 cm³/mol. The van der Waals surface area contributed by atoms with Gasteiger partial charge in [0, 0.05) is 18.6 Å². The van der Waals surface area contributed by atoms with E-state index in [1.807, 2.05) is 0 Å². The highest BCUT2D eigenvalue weighted by atomic mass is 15.2. The number of hydrogen-bond acceptors (Lipinski definition) is 2. The average Bonchev–Trinajstić information content (AvgIpc) is 2.21. The van der Waals surface area contributed by atoms with E-state index in [4.69, 9.17) is 5.73 Å². The summed E-state index contributed by atoms with van der Waals surface area (Å²) >= 11 is 0. The lowest BCUT2D eigenvalue weighted by molar-refractivity contribution is 0.0101. The molecule has 17 heavy (non-hydrogen) atoms. The summed E-state index contributed by atoms with van der Waals surface area (Å²) in [5.41, 5.74) is 6.92. The van der Waals surface area contributed by atoms with Crippen LogP contribution in [0.4, 0.5) is 0 Å². The van der Waals surface area contributed by atoms with E-state index >= 15 is 0 Å². The van der Waals surface area contributed by atoms with Crippen molar-refractivity contribution in [1.82, 2.24) is 4.90 Å². The molecule has 100 valence electrons. The van der Waals surface area contributed by atoms with Gasteiger partial charge in [0.1, 0.15) is 0 Å². The normalized spacial score (nSPS) is 33.7. The summed E-state index contributed by atoms with van der Waals surface area (Å²) in [6.45, 7) is 6.93. The number of rotatable bonds is 4. The Hall–Kier alpha value is -0.0800. The van der Waals surface area contributed by atoms with Crippen LogP contribution in [0.1, 0.15) is 58.8 Å². The summed E-state index contributed by atoms with van der Waals surface area (Å²) in [7, 11) is 2.31. The van der Waals surface area contributed by atoms with E-state index < -0.39 is 0 Å². The third-order valence-corrected chi connectivity index (χ3v) is 5.25. The molecule has 2 nitrogen and oxygen atoms in total. The largest absolute Gasteiger partial charge is 0.329 e. The Morgan fingerprint density at radius 1 is 1.18 bits per heavy atom. The highest BCUT2D eigenvalue weighted by Crippen LogP contribution is 2.44. The Bertz CT molecular complexity index is 258. The molecule has 0 aromatic heterocycles. The summed E-state index contributed by atoms with van der Waals surface area (Å²) < 4.78 is 0. The van der Waals surface area contributed by atoms with Crippen molar-refractivity contribution in [3.63, 3.8) is 0 Å². The highest BCUT2D eigenvalue weighted by Gasteiger charge is 2.42. The predicted octanol–water partition coefficient (Wildman–Crippen LogP) is 3.02. The van der Waals surface area contributed by atoms with E-state index in [2.05, 4.69) is 25.8 Å². The third-order valence-electron chi connectivity index (χ3n) is 5.25. The van der Waals surface area contributed by atoms with Crippen LogP contribution in [-0.4, -0.2) is 30.6 Å². The number of nitrogens with two attached hydrogens (primary N) is 1. The smallest absolute Gasteiger partial charge is 0.0333 e. The zero-order chi connectivity index (χ0) is 12.5. The first-order chi connectivity index (χ1) is 7.97. The molecule has 0 aromatic rings. The lowest BCUT2D eigenvalue weighted by Crippen LogP contribution is -2.57. The zero-order valence-electron chi connectivity index (χ0n) is 12.0. The molecule has 0 bridgehead atoms. The van der Waals surface area contributed by atoms with Gasteiger partial charge in [-0.2, -0.15) is 0 Å². The molecule has 2 fully saturated rings. The fourth-order valence-electron chi connectivity index (χ4n) is 3.88. The first kappa shape index (κ1) is 13.4. The van der Waals surface area contributed by atoms with Crippen molar-refractivity contribution >= 4 is 0 Å². The summed E-state index contributed by atoms with van der Waals surface area (Å²) in [4.78, 5) is 2.61. The molecule has 0 saturated heterocycles. The standard InChI is InChI=1S/C15H30N2/c1-14(2)8-5-9-15(11-14,12-16)17(3)10-13-6-4-7-13/h13H,4-12,16H2,1-3H3. The molecule has 0 heterocycles. The van der Waals surface area contributed by atoms with Gasteiger partial charge in [0.25, 0.3) is 0 Å². The van der Waals surface area contributed by atoms with Gasteiger partial charge in [-0.1, -0.05) is 26.7 Å². The summed E-state index contributed by atoms with van der Waals surface area (Å²) in [5, 5.41) is 0. The lowest BCUT2D eigenvalue weighted by Gasteiger charge is -2.51. The SMILES string of the molecule is CN(CC1CCC1)C1(CN)CCCC(C)(C)C1. The maximum atomic E-state index is 6.15. The first-order valence-corrected chi connectivity index (χ1v) is 7.39. The molecule has 0 amide bonds. The summed E-state index contributed by atoms with van der Waals surface area (Å²) in [6, 6.07) is 0. The highest BCUT2D eigenvalue weighted by molar-refractivity contribution is 4.99. The van der Waals surface area contributed by atoms with E-state index in [0.29, 0.717) is 5.41 Å². The molecule has 2 aliphatic rings. The Balaban J connectivity index is 2.01. The van der Waals surface area contributed by atoms with Crippen LogP contribution in [0.5, 0.6) is 0 Å². The minimum atomic E-state index is 0.289. The molecule has 2 saturated carbocycles. The second-order valence-corrected chi connectivity index (χ2v) is 7.30. The van der Waals surface area contributed by atoms with Crippen LogP contribution >= 0.6 is 0 Å². The van der Waals surface area contributed by atoms with E-state index in [1.54, 1.807) is 0 Å². The van der Waals surface area contributed by atoms with Crippen molar-refractivity contribution < 1.29 is 0 Å². The van der Waals surface area contributed by atoms with E-state index in [1.165, 1.54) is 51.5 Å². The van der Waals surface area contributed by atoms with E-state index in [-0.39, 0.29) is 5.54 Å². The van der Waals surface area contributed by atoms with Gasteiger partial charge in [-0.3, -0.25) is 4.90 Å². The molecule has 2 heteroatoms. The van der Waals surface area contributed by atoms with Gasteiger partial charge in [0.15, 0.2) is 0 Å². The van der Waals surface area contributed by atoms with Crippen LogP contribution < -0.4 is 5.73 Å². The summed E-state index contributed by atoms with van der Waals surface area (Å²) in [6.07, 6.45) is 9.61. The van der Waals surface area contributed by atoms with Gasteiger partial charge in [0.05, 0.1) is 0 Å². The maximum Gasteiger partial charge on any atom is 0.0333 e. The zero-order valence-corrected chi connectivity index (χ0v) is 12.0. The Kier molecular flexibility index (Phi) is 3.84. The molecule has 1 atom stereocenters. The Morgan fingerprint density at radius 2 is 1.88 bits per heavy atom. The van der Waals surface area contributed by atoms with Crippen LogP contribution in [-0.2, 0) is 0 Å². The van der Waals surface area contributed by atoms with Crippen LogP contribution in [0.3, 0.4) is 0 Å². The molecule has 0 aliphatic heterocycles. The molecule has 2 N–H and O–H groups in total. The number of likely N-dealkylation sites (N-methyl/N-ethyl adjacent to an activating group) is 1. The van der Waals surface area contributed by atoms with Crippen LogP contribution in [0, 0.1) is 11.3 Å². The van der Waals surface area contributed by atoms with Gasteiger partial charge in [-0.15, -0.1) is 0 Å². The molecule has 0 radical (unpaired) electrons. The van der Waals surface area contributed by atoms with Crippen molar-refractivity contribution in [2.45, 2.75) is 64.3 Å². The molecule has 0 spiro atoms. The number of hydrogen-bond donors (Lipinski definition) is 1. The molecule has 2 aliphatic carbocycles. The van der Waals surface area contributed by atoms with Crippen LogP contribution in [0.15, 0.2) is 0 Å². The van der Waals surface area contributed by atoms with E-state index in [0.717, 1.165) is 12.5 Å². The third kappa shape index (κ3) is 2.85. The Morgan fingerprint density at radius 3 is 2.35 bits per heavy atom. The van der Waals surface area contributed by atoms with Gasteiger partial charge < -0.3 is 5.73 Å². The van der Waals surface area contributed by atoms with Crippen molar-refractivity contribution in [3.8, 4) is 0 Å². The van der Waals surface area contributed by atoms with Gasteiger partial charge in [-0.05, 0) is 50.5 Å². The minimum absolute atomic E-state index is 0.289. The molecular weight excluding hydrogens is 208 g/mol. The van der Waals surface area contributed by atoms with Crippen molar-refractivity contribution in [1.29, 1.82) is 0 Å². The molecular formula is C15H30N2. The number of nitrogens with zero attached hydrogens (tertiary/aromatic N) is 1. The topological polar surface area (TPSA) is 29.3 Å². The lowest BCUT2D eigenvalue weighted by atomic mass is 9.67. The van der Waals surface area contributed by atoms with E-state index in [9.17, 15) is 0 Å². The minimum Gasteiger partial charge on any atom is -0.329 e. The second-order valence-electron chi connectivity index (χ2n) is 7.30. The quantitative estimate of drug-likeness (QED) is 0.816. The molecule has 2 rings (SSSR count). The van der Waals surface area contributed by atoms with Gasteiger partial charge >= 0.3 is 0 Å². The van der Waals surface area contributed by atoms with Gasteiger partial charge in [0.2, 0.25) is 0 Å². The molecule has 1 unspecified atom stereocenters. The monoisotopic (exact) mass is 238 g/mol. The Labute approximate surface area is 107 Å². The van der Waals surface area contributed by atoms with Crippen molar-refractivity contribution in [2.75, 3.05) is 20.1 Å². The fraction of sp³-hybridized carbons (Fsp3) is 1.00. The van der Waals surface area contributed by atoms with Crippen LogP contribution in [0.25, 0.3) is 0 Å². The summed E-state index contributed by atoms with van der Waals surface area (Å²) in [5.74, 6) is 0.952. The van der Waals surface area contributed by atoms with Gasteiger partial charge in [-0.25, -0.2) is 0 Å².